The number of thioether (sulfide) groups is 1. The van der Waals surface area contributed by atoms with Gasteiger partial charge >= 0.3 is 0 Å². The topological polar surface area (TPSA) is 51.4 Å². The first-order chi connectivity index (χ1) is 8.76. The van der Waals surface area contributed by atoms with Gasteiger partial charge in [0, 0.05) is 32.2 Å². The zero-order valence-electron chi connectivity index (χ0n) is 10.6. The van der Waals surface area contributed by atoms with Crippen molar-refractivity contribution in [3.8, 4) is 0 Å². The van der Waals surface area contributed by atoms with E-state index in [0.29, 0.717) is 6.54 Å². The van der Waals surface area contributed by atoms with E-state index >= 15 is 0 Å². The minimum Gasteiger partial charge on any atom is -0.381 e. The van der Waals surface area contributed by atoms with Crippen molar-refractivity contribution in [2.75, 3.05) is 19.0 Å². The molecule has 0 aromatic carbocycles. The highest BCUT2D eigenvalue weighted by atomic mass is 32.2. The Morgan fingerprint density at radius 3 is 3.11 bits per heavy atom. The normalized spacial score (nSPS) is 24.6. The van der Waals surface area contributed by atoms with Crippen LogP contribution in [0.5, 0.6) is 0 Å². The van der Waals surface area contributed by atoms with Crippen molar-refractivity contribution in [3.05, 3.63) is 18.0 Å². The molecule has 5 nitrogen and oxygen atoms in total. The van der Waals surface area contributed by atoms with Gasteiger partial charge in [-0.3, -0.25) is 9.67 Å². The maximum atomic E-state index is 5.42. The second-order valence-corrected chi connectivity index (χ2v) is 5.87. The summed E-state index contributed by atoms with van der Waals surface area (Å²) >= 11 is 1.82. The summed E-state index contributed by atoms with van der Waals surface area (Å²) in [7, 11) is 1.93. The Labute approximate surface area is 111 Å². The molecule has 0 atom stereocenters. The number of ether oxygens (including phenoxy) is 1. The van der Waals surface area contributed by atoms with Crippen molar-refractivity contribution < 1.29 is 4.74 Å². The molecule has 0 aliphatic carbocycles. The molecule has 2 aliphatic heterocycles. The number of nitrogens with one attached hydrogen (secondary N) is 1. The van der Waals surface area contributed by atoms with Crippen LogP contribution in [0.2, 0.25) is 0 Å². The number of rotatable bonds is 2. The quantitative estimate of drug-likeness (QED) is 0.873. The third kappa shape index (κ3) is 2.54. The van der Waals surface area contributed by atoms with Gasteiger partial charge in [0.2, 0.25) is 0 Å². The fourth-order valence-corrected chi connectivity index (χ4v) is 3.54. The summed E-state index contributed by atoms with van der Waals surface area (Å²) < 4.78 is 7.23. The SMILES string of the molecule is Cn1ccc(CN=C2NC3(CCOCC3)CS2)n1. The van der Waals surface area contributed by atoms with Crippen LogP contribution < -0.4 is 5.32 Å². The molecule has 0 amide bonds. The predicted octanol–water partition coefficient (Wildman–Crippen LogP) is 1.16. The zero-order valence-corrected chi connectivity index (χ0v) is 11.4. The molecule has 2 saturated heterocycles. The van der Waals surface area contributed by atoms with Gasteiger partial charge in [0.25, 0.3) is 0 Å². The van der Waals surface area contributed by atoms with Crippen molar-refractivity contribution in [3.63, 3.8) is 0 Å². The van der Waals surface area contributed by atoms with E-state index in [1.165, 1.54) is 0 Å². The Bertz CT molecular complexity index is 451. The molecule has 1 N–H and O–H groups in total. The van der Waals surface area contributed by atoms with Gasteiger partial charge in [0.05, 0.1) is 17.8 Å². The lowest BCUT2D eigenvalue weighted by atomic mass is 9.93. The van der Waals surface area contributed by atoms with Gasteiger partial charge in [-0.1, -0.05) is 11.8 Å². The second-order valence-electron chi connectivity index (χ2n) is 4.91. The molecule has 3 rings (SSSR count). The molecule has 1 aromatic heterocycles. The number of hydrogen-bond donors (Lipinski definition) is 1. The van der Waals surface area contributed by atoms with Crippen LogP contribution >= 0.6 is 11.8 Å². The summed E-state index contributed by atoms with van der Waals surface area (Å²) in [4.78, 5) is 4.61. The largest absolute Gasteiger partial charge is 0.381 e. The summed E-state index contributed by atoms with van der Waals surface area (Å²) in [5, 5.41) is 8.97. The van der Waals surface area contributed by atoms with Crippen LogP contribution in [0.4, 0.5) is 0 Å². The van der Waals surface area contributed by atoms with Crippen LogP contribution in [0, 0.1) is 0 Å². The number of aryl methyl sites for hydroxylation is 1. The molecule has 2 fully saturated rings. The van der Waals surface area contributed by atoms with Gasteiger partial charge in [-0.05, 0) is 18.9 Å². The molecule has 18 heavy (non-hydrogen) atoms. The van der Waals surface area contributed by atoms with Gasteiger partial charge in [-0.25, -0.2) is 0 Å². The van der Waals surface area contributed by atoms with E-state index < -0.39 is 0 Å². The highest BCUT2D eigenvalue weighted by Gasteiger charge is 2.38. The van der Waals surface area contributed by atoms with Crippen LogP contribution in [0.15, 0.2) is 17.3 Å². The Morgan fingerprint density at radius 1 is 1.56 bits per heavy atom. The first kappa shape index (κ1) is 12.0. The summed E-state index contributed by atoms with van der Waals surface area (Å²) in [5.41, 5.74) is 1.24. The molecule has 0 bridgehead atoms. The first-order valence-electron chi connectivity index (χ1n) is 6.28. The Balaban J connectivity index is 1.61. The molecule has 1 spiro atoms. The summed E-state index contributed by atoms with van der Waals surface area (Å²) in [6.45, 7) is 2.38. The van der Waals surface area contributed by atoms with Crippen LogP contribution in [0.25, 0.3) is 0 Å². The van der Waals surface area contributed by atoms with E-state index in [9.17, 15) is 0 Å². The number of hydrogen-bond acceptors (Lipinski definition) is 4. The summed E-state index contributed by atoms with van der Waals surface area (Å²) in [6.07, 6.45) is 4.12. The maximum Gasteiger partial charge on any atom is 0.157 e. The van der Waals surface area contributed by atoms with Gasteiger partial charge in [0.15, 0.2) is 5.17 Å². The number of nitrogens with zero attached hydrogens (tertiary/aromatic N) is 3. The molecule has 0 unspecified atom stereocenters. The monoisotopic (exact) mass is 266 g/mol. The van der Waals surface area contributed by atoms with Crippen molar-refractivity contribution in [2.45, 2.75) is 24.9 Å². The lowest BCUT2D eigenvalue weighted by Crippen LogP contribution is -2.48. The van der Waals surface area contributed by atoms with E-state index in [4.69, 9.17) is 4.74 Å². The fourth-order valence-electron chi connectivity index (χ4n) is 2.32. The average molecular weight is 266 g/mol. The molecule has 2 aliphatic rings. The van der Waals surface area contributed by atoms with Gasteiger partial charge in [0.1, 0.15) is 0 Å². The standard InChI is InChI=1S/C12H18N4OS/c1-16-5-2-10(15-16)8-13-11-14-12(9-18-11)3-6-17-7-4-12/h2,5H,3-4,6-9H2,1H3,(H,13,14). The number of aromatic nitrogens is 2. The molecular weight excluding hydrogens is 248 g/mol. The van der Waals surface area contributed by atoms with Crippen LogP contribution in [-0.2, 0) is 18.3 Å². The second kappa shape index (κ2) is 4.93. The van der Waals surface area contributed by atoms with E-state index in [-0.39, 0.29) is 5.54 Å². The van der Waals surface area contributed by atoms with E-state index in [0.717, 1.165) is 42.7 Å². The molecule has 1 aromatic rings. The lowest BCUT2D eigenvalue weighted by molar-refractivity contribution is 0.0555. The number of aliphatic imine (C=N–C) groups is 1. The molecule has 6 heteroatoms. The van der Waals surface area contributed by atoms with E-state index in [1.54, 1.807) is 0 Å². The molecule has 3 heterocycles. The highest BCUT2D eigenvalue weighted by molar-refractivity contribution is 8.14. The summed E-state index contributed by atoms with van der Waals surface area (Å²) in [6, 6.07) is 2.01. The summed E-state index contributed by atoms with van der Waals surface area (Å²) in [5.74, 6) is 1.11. The first-order valence-corrected chi connectivity index (χ1v) is 7.26. The minimum absolute atomic E-state index is 0.228. The third-order valence-electron chi connectivity index (χ3n) is 3.46. The Morgan fingerprint density at radius 2 is 2.39 bits per heavy atom. The van der Waals surface area contributed by atoms with Crippen molar-refractivity contribution in [1.82, 2.24) is 15.1 Å². The van der Waals surface area contributed by atoms with Crippen molar-refractivity contribution in [1.29, 1.82) is 0 Å². The van der Waals surface area contributed by atoms with Gasteiger partial charge in [-0.15, -0.1) is 0 Å². The highest BCUT2D eigenvalue weighted by Crippen LogP contribution is 2.31. The Kier molecular flexibility index (Phi) is 3.30. The molecular formula is C12H18N4OS. The predicted molar refractivity (Wildman–Crippen MR) is 72.7 cm³/mol. The van der Waals surface area contributed by atoms with Crippen LogP contribution in [-0.4, -0.2) is 39.5 Å². The minimum atomic E-state index is 0.228. The molecule has 0 saturated carbocycles. The van der Waals surface area contributed by atoms with Crippen molar-refractivity contribution >= 4 is 16.9 Å². The smallest absolute Gasteiger partial charge is 0.157 e. The maximum absolute atomic E-state index is 5.42. The molecule has 98 valence electrons. The number of amidine groups is 1. The fraction of sp³-hybridized carbons (Fsp3) is 0.667. The molecule has 0 radical (unpaired) electrons. The Hall–Kier alpha value is -1.01. The third-order valence-corrected chi connectivity index (χ3v) is 4.66. The average Bonchev–Trinajstić information content (AvgIpc) is 2.96. The van der Waals surface area contributed by atoms with Crippen molar-refractivity contribution in [2.24, 2.45) is 12.0 Å². The van der Waals surface area contributed by atoms with Crippen LogP contribution in [0.1, 0.15) is 18.5 Å². The lowest BCUT2D eigenvalue weighted by Gasteiger charge is -2.32. The van der Waals surface area contributed by atoms with Gasteiger partial charge < -0.3 is 10.1 Å². The van der Waals surface area contributed by atoms with E-state index in [1.807, 2.05) is 35.8 Å². The van der Waals surface area contributed by atoms with Gasteiger partial charge in [-0.2, -0.15) is 5.10 Å². The zero-order chi connectivity index (χ0) is 12.4. The van der Waals surface area contributed by atoms with Crippen LogP contribution in [0.3, 0.4) is 0 Å². The van der Waals surface area contributed by atoms with E-state index in [2.05, 4.69) is 15.4 Å².